The molecule has 0 spiro atoms. The monoisotopic (exact) mass is 390 g/mol. The fourth-order valence-corrected chi connectivity index (χ4v) is 4.06. The van der Waals surface area contributed by atoms with E-state index in [-0.39, 0.29) is 0 Å². The van der Waals surface area contributed by atoms with Crippen LogP contribution in [0.5, 0.6) is 0 Å². The molecule has 1 aromatic heterocycles. The fourth-order valence-electron chi connectivity index (χ4n) is 3.23. The highest BCUT2D eigenvalue weighted by molar-refractivity contribution is 7.99. The third-order valence-corrected chi connectivity index (χ3v) is 5.38. The number of rotatable bonds is 6. The van der Waals surface area contributed by atoms with E-state index in [4.69, 9.17) is 11.3 Å². The van der Waals surface area contributed by atoms with Crippen LogP contribution in [0.25, 0.3) is 27.1 Å². The minimum atomic E-state index is -0.413. The highest BCUT2D eigenvalue weighted by atomic mass is 32.2. The smallest absolute Gasteiger partial charge is 0.354 e. The summed E-state index contributed by atoms with van der Waals surface area (Å²) in [5.74, 6) is 0.597. The number of nitrogens with zero attached hydrogens (tertiary/aromatic N) is 2. The summed E-state index contributed by atoms with van der Waals surface area (Å²) in [5, 5.41) is 0. The van der Waals surface area contributed by atoms with Crippen LogP contribution in [0.1, 0.15) is 24.3 Å². The van der Waals surface area contributed by atoms with Crippen molar-refractivity contribution in [3.8, 4) is 22.3 Å². The summed E-state index contributed by atoms with van der Waals surface area (Å²) in [6.07, 6.45) is 1.68. The summed E-state index contributed by atoms with van der Waals surface area (Å²) in [6, 6.07) is 16.4. The van der Waals surface area contributed by atoms with Crippen molar-refractivity contribution in [2.24, 2.45) is 7.05 Å². The molecule has 0 aliphatic rings. The largest absolute Gasteiger partial charge is 0.461 e. The first kappa shape index (κ1) is 19.8. The second kappa shape index (κ2) is 8.81. The van der Waals surface area contributed by atoms with E-state index >= 15 is 0 Å². The van der Waals surface area contributed by atoms with E-state index in [0.717, 1.165) is 16.9 Å². The second-order valence-electron chi connectivity index (χ2n) is 6.19. The number of benzene rings is 2. The lowest BCUT2D eigenvalue weighted by molar-refractivity contribution is 0.0516. The molecule has 0 atom stereocenters. The van der Waals surface area contributed by atoms with Crippen molar-refractivity contribution >= 4 is 23.4 Å². The number of aryl methyl sites for hydroxylation is 1. The zero-order chi connectivity index (χ0) is 20.1. The number of hydrogen-bond acceptors (Lipinski definition) is 3. The van der Waals surface area contributed by atoms with Crippen molar-refractivity contribution in [1.29, 1.82) is 0 Å². The Morgan fingerprint density at radius 2 is 1.79 bits per heavy atom. The van der Waals surface area contributed by atoms with E-state index in [1.165, 1.54) is 10.5 Å². The van der Waals surface area contributed by atoms with Gasteiger partial charge in [-0.05, 0) is 35.4 Å². The van der Waals surface area contributed by atoms with E-state index in [1.807, 2.05) is 48.2 Å². The van der Waals surface area contributed by atoms with Crippen LogP contribution >= 0.6 is 11.8 Å². The zero-order valence-electron chi connectivity index (χ0n) is 16.2. The van der Waals surface area contributed by atoms with Gasteiger partial charge in [-0.25, -0.2) is 9.64 Å². The SMILES string of the molecule is [C-]#[N+]c1cn(C)c(C(=O)OCC)c1-c1ccc(-c2ccccc2SCC)cc1. The van der Waals surface area contributed by atoms with Gasteiger partial charge in [0.2, 0.25) is 5.69 Å². The first-order chi connectivity index (χ1) is 13.6. The minimum absolute atomic E-state index is 0.293. The second-order valence-corrected chi connectivity index (χ2v) is 7.49. The number of aromatic nitrogens is 1. The molecule has 2 aromatic carbocycles. The molecule has 28 heavy (non-hydrogen) atoms. The topological polar surface area (TPSA) is 35.6 Å². The first-order valence-electron chi connectivity index (χ1n) is 9.17. The van der Waals surface area contributed by atoms with Crippen LogP contribution in [0.3, 0.4) is 0 Å². The average Bonchev–Trinajstić information content (AvgIpc) is 3.05. The van der Waals surface area contributed by atoms with Crippen LogP contribution in [0.15, 0.2) is 59.6 Å². The molecule has 0 unspecified atom stereocenters. The van der Waals surface area contributed by atoms with Gasteiger partial charge in [0.05, 0.1) is 13.2 Å². The van der Waals surface area contributed by atoms with Crippen LogP contribution in [-0.2, 0) is 11.8 Å². The molecule has 3 aromatic rings. The number of ether oxygens (including phenoxy) is 1. The van der Waals surface area contributed by atoms with E-state index in [2.05, 4.69) is 23.9 Å². The molecule has 0 aliphatic heterocycles. The Kier molecular flexibility index (Phi) is 6.23. The van der Waals surface area contributed by atoms with Crippen molar-refractivity contribution in [3.63, 3.8) is 0 Å². The van der Waals surface area contributed by atoms with E-state index < -0.39 is 5.97 Å². The fraction of sp³-hybridized carbons (Fsp3) is 0.217. The van der Waals surface area contributed by atoms with Crippen molar-refractivity contribution in [1.82, 2.24) is 4.57 Å². The van der Waals surface area contributed by atoms with Gasteiger partial charge in [-0.15, -0.1) is 11.8 Å². The Labute approximate surface area is 170 Å². The lowest BCUT2D eigenvalue weighted by atomic mass is 9.99. The minimum Gasteiger partial charge on any atom is -0.461 e. The van der Waals surface area contributed by atoms with Crippen LogP contribution in [0, 0.1) is 6.57 Å². The summed E-state index contributed by atoms with van der Waals surface area (Å²) in [4.78, 5) is 17.3. The van der Waals surface area contributed by atoms with Crippen molar-refractivity contribution < 1.29 is 9.53 Å². The zero-order valence-corrected chi connectivity index (χ0v) is 17.0. The average molecular weight is 391 g/mol. The van der Waals surface area contributed by atoms with Crippen molar-refractivity contribution in [2.45, 2.75) is 18.7 Å². The maximum absolute atomic E-state index is 12.4. The van der Waals surface area contributed by atoms with Crippen molar-refractivity contribution in [2.75, 3.05) is 12.4 Å². The molecule has 0 N–H and O–H groups in total. The molecule has 142 valence electrons. The van der Waals surface area contributed by atoms with E-state index in [9.17, 15) is 4.79 Å². The number of carbonyl (C=O) groups is 1. The number of esters is 1. The molecule has 0 saturated carbocycles. The molecule has 0 bridgehead atoms. The Morgan fingerprint density at radius 1 is 1.11 bits per heavy atom. The summed E-state index contributed by atoms with van der Waals surface area (Å²) >= 11 is 1.81. The Balaban J connectivity index is 2.06. The normalized spacial score (nSPS) is 10.5. The van der Waals surface area contributed by atoms with Crippen molar-refractivity contribution in [3.05, 3.63) is 71.8 Å². The van der Waals surface area contributed by atoms with Crippen LogP contribution in [0.4, 0.5) is 5.69 Å². The number of hydrogen-bond donors (Lipinski definition) is 0. The standard InChI is InChI=1S/C23H22N2O2S/c1-5-27-23(26)22-21(19(24-3)15-25(22)4)17-13-11-16(12-14-17)18-9-7-8-10-20(18)28-6-2/h7-15H,5-6H2,1-2,4H3. The predicted octanol–water partition coefficient (Wildman–Crippen LogP) is 6.20. The third kappa shape index (κ3) is 3.83. The predicted molar refractivity (Wildman–Crippen MR) is 115 cm³/mol. The van der Waals surface area contributed by atoms with Crippen LogP contribution < -0.4 is 0 Å². The summed E-state index contributed by atoms with van der Waals surface area (Å²) < 4.78 is 6.87. The van der Waals surface area contributed by atoms with E-state index in [0.29, 0.717) is 23.6 Å². The summed E-state index contributed by atoms with van der Waals surface area (Å²) in [6.45, 7) is 11.7. The molecular weight excluding hydrogens is 368 g/mol. The third-order valence-electron chi connectivity index (χ3n) is 4.42. The quantitative estimate of drug-likeness (QED) is 0.286. The lowest BCUT2D eigenvalue weighted by Crippen LogP contribution is -2.10. The molecular formula is C23H22N2O2S. The molecule has 0 saturated heterocycles. The molecule has 1 heterocycles. The Hall–Kier alpha value is -2.97. The Morgan fingerprint density at radius 3 is 2.43 bits per heavy atom. The number of carbonyl (C=O) groups excluding carboxylic acids is 1. The molecule has 0 aliphatic carbocycles. The van der Waals surface area contributed by atoms with Gasteiger partial charge in [-0.3, -0.25) is 0 Å². The molecule has 0 amide bonds. The molecule has 3 rings (SSSR count). The lowest BCUT2D eigenvalue weighted by Gasteiger charge is -2.11. The van der Waals surface area contributed by atoms with E-state index in [1.54, 1.807) is 24.7 Å². The first-order valence-corrected chi connectivity index (χ1v) is 10.2. The summed E-state index contributed by atoms with van der Waals surface area (Å²) in [5.41, 5.74) is 4.60. The highest BCUT2D eigenvalue weighted by Crippen LogP contribution is 2.38. The van der Waals surface area contributed by atoms with Gasteiger partial charge < -0.3 is 9.30 Å². The van der Waals surface area contributed by atoms with Crippen LogP contribution in [0.2, 0.25) is 0 Å². The van der Waals surface area contributed by atoms with Crippen LogP contribution in [-0.4, -0.2) is 22.9 Å². The van der Waals surface area contributed by atoms with Gasteiger partial charge >= 0.3 is 5.97 Å². The maximum atomic E-state index is 12.4. The molecule has 0 radical (unpaired) electrons. The number of thioether (sulfide) groups is 1. The highest BCUT2D eigenvalue weighted by Gasteiger charge is 2.22. The molecule has 0 fully saturated rings. The molecule has 5 heteroatoms. The maximum Gasteiger partial charge on any atom is 0.354 e. The van der Waals surface area contributed by atoms with Gasteiger partial charge in [0.1, 0.15) is 5.69 Å². The summed E-state index contributed by atoms with van der Waals surface area (Å²) in [7, 11) is 1.76. The molecule has 4 nitrogen and oxygen atoms in total. The van der Waals surface area contributed by atoms with Gasteiger partial charge in [0.15, 0.2) is 0 Å². The van der Waals surface area contributed by atoms with Gasteiger partial charge in [0, 0.05) is 23.7 Å². The Bertz CT molecular complexity index is 1030. The van der Waals surface area contributed by atoms with Gasteiger partial charge in [-0.2, -0.15) is 0 Å². The van der Waals surface area contributed by atoms with Gasteiger partial charge in [-0.1, -0.05) is 49.4 Å². The van der Waals surface area contributed by atoms with Gasteiger partial charge in [0.25, 0.3) is 0 Å².